The van der Waals surface area contributed by atoms with Gasteiger partial charge in [-0.05, 0) is 61.7 Å². The Bertz CT molecular complexity index is 1180. The second-order valence-corrected chi connectivity index (χ2v) is 7.36. The fraction of sp³-hybridized carbons (Fsp3) is 0.185. The van der Waals surface area contributed by atoms with Crippen molar-refractivity contribution in [1.29, 1.82) is 5.26 Å². The molecular weight excluding hydrogens is 400 g/mol. The Morgan fingerprint density at radius 3 is 2.53 bits per heavy atom. The molecule has 0 spiro atoms. The van der Waals surface area contributed by atoms with Crippen LogP contribution in [0.25, 0.3) is 6.08 Å². The summed E-state index contributed by atoms with van der Waals surface area (Å²) in [7, 11) is 0. The average Bonchev–Trinajstić information content (AvgIpc) is 2.78. The molecule has 1 N–H and O–H groups in total. The number of carbonyl (C=O) groups excluding carboxylic acids is 1. The summed E-state index contributed by atoms with van der Waals surface area (Å²) in [6, 6.07) is 22.9. The van der Waals surface area contributed by atoms with E-state index in [-0.39, 0.29) is 5.57 Å². The maximum Gasteiger partial charge on any atom is 0.266 e. The van der Waals surface area contributed by atoms with E-state index in [1.165, 1.54) is 5.56 Å². The molecule has 0 aliphatic rings. The van der Waals surface area contributed by atoms with Gasteiger partial charge in [0.2, 0.25) is 0 Å². The number of nitrogens with zero attached hydrogens (tertiary/aromatic N) is 1. The van der Waals surface area contributed by atoms with Gasteiger partial charge in [0.25, 0.3) is 5.91 Å². The Morgan fingerprint density at radius 2 is 1.81 bits per heavy atom. The minimum atomic E-state index is -0.459. The van der Waals surface area contributed by atoms with Crippen molar-refractivity contribution in [2.24, 2.45) is 0 Å². The number of hydrogen-bond donors (Lipinski definition) is 1. The minimum Gasteiger partial charge on any atom is -0.490 e. The van der Waals surface area contributed by atoms with Gasteiger partial charge in [-0.15, -0.1) is 0 Å². The van der Waals surface area contributed by atoms with Gasteiger partial charge < -0.3 is 14.8 Å². The highest BCUT2D eigenvalue weighted by Crippen LogP contribution is 2.30. The van der Waals surface area contributed by atoms with Gasteiger partial charge in [-0.2, -0.15) is 5.26 Å². The van der Waals surface area contributed by atoms with Crippen molar-refractivity contribution in [2.75, 3.05) is 11.9 Å². The number of anilines is 1. The number of carbonyl (C=O) groups is 1. The zero-order valence-corrected chi connectivity index (χ0v) is 18.5. The van der Waals surface area contributed by atoms with Gasteiger partial charge in [0, 0.05) is 5.69 Å². The summed E-state index contributed by atoms with van der Waals surface area (Å²) in [4.78, 5) is 12.6. The lowest BCUT2D eigenvalue weighted by molar-refractivity contribution is -0.112. The van der Waals surface area contributed by atoms with Gasteiger partial charge in [-0.25, -0.2) is 0 Å². The molecule has 0 saturated carbocycles. The van der Waals surface area contributed by atoms with E-state index in [4.69, 9.17) is 9.47 Å². The van der Waals surface area contributed by atoms with E-state index >= 15 is 0 Å². The molecule has 0 unspecified atom stereocenters. The monoisotopic (exact) mass is 426 g/mol. The van der Waals surface area contributed by atoms with Crippen molar-refractivity contribution in [3.8, 4) is 17.6 Å². The lowest BCUT2D eigenvalue weighted by atomic mass is 10.1. The molecule has 3 aromatic carbocycles. The molecule has 5 nitrogen and oxygen atoms in total. The predicted octanol–water partition coefficient (Wildman–Crippen LogP) is 5.83. The third kappa shape index (κ3) is 5.99. The zero-order chi connectivity index (χ0) is 22.9. The van der Waals surface area contributed by atoms with Gasteiger partial charge in [-0.1, -0.05) is 54.1 Å². The minimum absolute atomic E-state index is 0.00382. The molecule has 0 bridgehead atoms. The number of nitriles is 1. The molecule has 5 heteroatoms. The molecule has 0 aliphatic carbocycles. The standard InChI is InChI=1S/C27H26N2O3/c1-4-31-26-16-21(12-13-25(26)32-18-22-10-7-8-19(2)14-22)15-23(17-28)27(30)29-24-11-6-5-9-20(24)3/h5-16H,4,18H2,1-3H3,(H,29,30)/b23-15-. The van der Waals surface area contributed by atoms with Crippen LogP contribution in [0.4, 0.5) is 5.69 Å². The molecular formula is C27H26N2O3. The molecule has 0 radical (unpaired) electrons. The Morgan fingerprint density at radius 1 is 1.00 bits per heavy atom. The number of aryl methyl sites for hydroxylation is 2. The Balaban J connectivity index is 1.79. The maximum atomic E-state index is 12.6. The van der Waals surface area contributed by atoms with Crippen LogP contribution in [0.3, 0.4) is 0 Å². The number of ether oxygens (including phenoxy) is 2. The molecule has 0 atom stereocenters. The first-order valence-electron chi connectivity index (χ1n) is 10.4. The molecule has 0 fully saturated rings. The van der Waals surface area contributed by atoms with Crippen molar-refractivity contribution >= 4 is 17.7 Å². The summed E-state index contributed by atoms with van der Waals surface area (Å²) in [6.45, 7) is 6.71. The molecule has 162 valence electrons. The Hall–Kier alpha value is -4.04. The van der Waals surface area contributed by atoms with Crippen LogP contribution in [0.1, 0.15) is 29.2 Å². The lowest BCUT2D eigenvalue weighted by Gasteiger charge is -2.13. The zero-order valence-electron chi connectivity index (χ0n) is 18.5. The van der Waals surface area contributed by atoms with Gasteiger partial charge in [0.1, 0.15) is 18.2 Å². The van der Waals surface area contributed by atoms with E-state index < -0.39 is 5.91 Å². The summed E-state index contributed by atoms with van der Waals surface area (Å²) < 4.78 is 11.7. The van der Waals surface area contributed by atoms with E-state index in [0.717, 1.165) is 11.1 Å². The number of benzene rings is 3. The maximum absolute atomic E-state index is 12.6. The Labute approximate surface area is 188 Å². The van der Waals surface area contributed by atoms with E-state index in [1.54, 1.807) is 30.3 Å². The average molecular weight is 427 g/mol. The number of amides is 1. The fourth-order valence-corrected chi connectivity index (χ4v) is 3.18. The molecule has 0 aromatic heterocycles. The lowest BCUT2D eigenvalue weighted by Crippen LogP contribution is -2.14. The second-order valence-electron chi connectivity index (χ2n) is 7.36. The second kappa shape index (κ2) is 10.8. The van der Waals surface area contributed by atoms with Gasteiger partial charge >= 0.3 is 0 Å². The summed E-state index contributed by atoms with van der Waals surface area (Å²) in [5.74, 6) is 0.707. The van der Waals surface area contributed by atoms with Crippen LogP contribution in [0.5, 0.6) is 11.5 Å². The third-order valence-electron chi connectivity index (χ3n) is 4.81. The van der Waals surface area contributed by atoms with Crippen molar-refractivity contribution in [2.45, 2.75) is 27.4 Å². The molecule has 32 heavy (non-hydrogen) atoms. The van der Waals surface area contributed by atoms with Crippen LogP contribution in [-0.4, -0.2) is 12.5 Å². The first-order chi connectivity index (χ1) is 15.5. The van der Waals surface area contributed by atoms with Gasteiger partial charge in [0.15, 0.2) is 11.5 Å². The van der Waals surface area contributed by atoms with Crippen LogP contribution in [-0.2, 0) is 11.4 Å². The van der Waals surface area contributed by atoms with E-state index in [2.05, 4.69) is 11.4 Å². The van der Waals surface area contributed by atoms with Crippen LogP contribution in [0, 0.1) is 25.2 Å². The number of hydrogen-bond acceptors (Lipinski definition) is 4. The van der Waals surface area contributed by atoms with Crippen molar-refractivity contribution in [3.63, 3.8) is 0 Å². The first-order valence-corrected chi connectivity index (χ1v) is 10.4. The van der Waals surface area contributed by atoms with Crippen LogP contribution < -0.4 is 14.8 Å². The topological polar surface area (TPSA) is 71.3 Å². The van der Waals surface area contributed by atoms with E-state index in [9.17, 15) is 10.1 Å². The highest BCUT2D eigenvalue weighted by Gasteiger charge is 2.12. The van der Waals surface area contributed by atoms with E-state index in [0.29, 0.717) is 36.0 Å². The SMILES string of the molecule is CCOc1cc(/C=C(/C#N)C(=O)Nc2ccccc2C)ccc1OCc1cccc(C)c1. The summed E-state index contributed by atoms with van der Waals surface area (Å²) in [6.07, 6.45) is 1.54. The number of nitrogens with one attached hydrogen (secondary N) is 1. The summed E-state index contributed by atoms with van der Waals surface area (Å²) >= 11 is 0. The smallest absolute Gasteiger partial charge is 0.266 e. The quantitative estimate of drug-likeness (QED) is 0.363. The van der Waals surface area contributed by atoms with Gasteiger partial charge in [0.05, 0.1) is 6.61 Å². The molecule has 0 aliphatic heterocycles. The summed E-state index contributed by atoms with van der Waals surface area (Å²) in [5.41, 5.74) is 4.51. The molecule has 3 aromatic rings. The van der Waals surface area contributed by atoms with Crippen molar-refractivity contribution < 1.29 is 14.3 Å². The van der Waals surface area contributed by atoms with Crippen LogP contribution in [0.2, 0.25) is 0 Å². The predicted molar refractivity (Wildman–Crippen MR) is 127 cm³/mol. The largest absolute Gasteiger partial charge is 0.490 e. The third-order valence-corrected chi connectivity index (χ3v) is 4.81. The summed E-state index contributed by atoms with van der Waals surface area (Å²) in [5, 5.41) is 12.3. The fourth-order valence-electron chi connectivity index (χ4n) is 3.18. The highest BCUT2D eigenvalue weighted by atomic mass is 16.5. The Kier molecular flexibility index (Phi) is 7.66. The molecule has 3 rings (SSSR count). The van der Waals surface area contributed by atoms with Crippen LogP contribution in [0.15, 0.2) is 72.3 Å². The van der Waals surface area contributed by atoms with Crippen LogP contribution >= 0.6 is 0 Å². The molecule has 1 amide bonds. The number of rotatable bonds is 8. The van der Waals surface area contributed by atoms with Crippen molar-refractivity contribution in [1.82, 2.24) is 0 Å². The number of para-hydroxylation sites is 1. The molecule has 0 heterocycles. The first kappa shape index (κ1) is 22.6. The van der Waals surface area contributed by atoms with Crippen molar-refractivity contribution in [3.05, 3.63) is 94.6 Å². The normalized spacial score (nSPS) is 10.9. The van der Waals surface area contributed by atoms with Gasteiger partial charge in [-0.3, -0.25) is 4.79 Å². The van der Waals surface area contributed by atoms with E-state index in [1.807, 2.05) is 63.2 Å². The molecule has 0 saturated heterocycles. The highest BCUT2D eigenvalue weighted by molar-refractivity contribution is 6.10.